The Kier molecular flexibility index (Phi) is 4.43. The molecule has 0 aliphatic carbocycles. The van der Waals surface area contributed by atoms with Gasteiger partial charge in [-0.15, -0.1) is 0 Å². The van der Waals surface area contributed by atoms with Crippen LogP contribution in [0.25, 0.3) is 16.5 Å². The minimum absolute atomic E-state index is 0.0211. The zero-order chi connectivity index (χ0) is 11.3. The van der Waals surface area contributed by atoms with Crippen LogP contribution >= 0.6 is 23.2 Å². The fourth-order valence-corrected chi connectivity index (χ4v) is 1.38. The average Bonchev–Trinajstić information content (AvgIpc) is 2.20. The van der Waals surface area contributed by atoms with Crippen molar-refractivity contribution in [3.63, 3.8) is 0 Å². The Morgan fingerprint density at radius 1 is 1.40 bits per heavy atom. The SMILES string of the molecule is [N-]=[N+]=NCC=Cc1cc(F)c(Cl)cc1Cl. The van der Waals surface area contributed by atoms with E-state index < -0.39 is 5.82 Å². The summed E-state index contributed by atoms with van der Waals surface area (Å²) < 4.78 is 13.0. The Morgan fingerprint density at radius 2 is 2.13 bits per heavy atom. The molecule has 0 N–H and O–H groups in total. The van der Waals surface area contributed by atoms with E-state index in [1.807, 2.05) is 0 Å². The second-order valence-corrected chi connectivity index (χ2v) is 3.42. The molecule has 1 aromatic rings. The summed E-state index contributed by atoms with van der Waals surface area (Å²) in [5, 5.41) is 3.61. The van der Waals surface area contributed by atoms with E-state index in [1.54, 1.807) is 12.2 Å². The number of rotatable bonds is 3. The maximum absolute atomic E-state index is 13.0. The molecule has 0 radical (unpaired) electrons. The van der Waals surface area contributed by atoms with Crippen LogP contribution in [0.2, 0.25) is 10.0 Å². The number of azide groups is 1. The number of benzene rings is 1. The largest absolute Gasteiger partial charge is 0.205 e. The van der Waals surface area contributed by atoms with E-state index in [1.165, 1.54) is 12.1 Å². The molecule has 6 heteroatoms. The molecule has 0 saturated carbocycles. The molecule has 78 valence electrons. The molecule has 0 aromatic heterocycles. The van der Waals surface area contributed by atoms with Crippen molar-refractivity contribution in [2.45, 2.75) is 0 Å². The smallest absolute Gasteiger partial charge is 0.142 e. The minimum atomic E-state index is -0.537. The van der Waals surface area contributed by atoms with Crippen molar-refractivity contribution in [1.29, 1.82) is 0 Å². The lowest BCUT2D eigenvalue weighted by atomic mass is 10.2. The molecule has 0 aliphatic heterocycles. The van der Waals surface area contributed by atoms with Crippen LogP contribution in [0, 0.1) is 5.82 Å². The van der Waals surface area contributed by atoms with Gasteiger partial charge in [0.1, 0.15) is 5.82 Å². The predicted molar refractivity (Wildman–Crippen MR) is 59.5 cm³/mol. The summed E-state index contributed by atoms with van der Waals surface area (Å²) in [6, 6.07) is 2.54. The average molecular weight is 246 g/mol. The zero-order valence-corrected chi connectivity index (χ0v) is 9.00. The summed E-state index contributed by atoms with van der Waals surface area (Å²) in [5.74, 6) is -0.537. The molecule has 1 rings (SSSR count). The van der Waals surface area contributed by atoms with Gasteiger partial charge in [0, 0.05) is 16.5 Å². The van der Waals surface area contributed by atoms with Crippen molar-refractivity contribution in [2.75, 3.05) is 6.54 Å². The molecule has 3 nitrogen and oxygen atoms in total. The monoisotopic (exact) mass is 245 g/mol. The van der Waals surface area contributed by atoms with E-state index in [-0.39, 0.29) is 11.6 Å². The summed E-state index contributed by atoms with van der Waals surface area (Å²) in [5.41, 5.74) is 8.51. The van der Waals surface area contributed by atoms with Gasteiger partial charge in [0.2, 0.25) is 0 Å². The molecule has 0 heterocycles. The Morgan fingerprint density at radius 3 is 2.80 bits per heavy atom. The van der Waals surface area contributed by atoms with E-state index in [0.29, 0.717) is 10.6 Å². The second kappa shape index (κ2) is 5.61. The lowest BCUT2D eigenvalue weighted by molar-refractivity contribution is 0.628. The van der Waals surface area contributed by atoms with Gasteiger partial charge in [-0.1, -0.05) is 40.5 Å². The maximum atomic E-state index is 13.0. The highest BCUT2D eigenvalue weighted by atomic mass is 35.5. The van der Waals surface area contributed by atoms with E-state index in [0.717, 1.165) is 0 Å². The molecule has 1 aromatic carbocycles. The standard InChI is InChI=1S/C9H6Cl2FN3/c10-7-5-8(11)9(12)4-6(7)2-1-3-14-15-13/h1-2,4-5H,3H2. The summed E-state index contributed by atoms with van der Waals surface area (Å²) in [6.45, 7) is 0.192. The first kappa shape index (κ1) is 11.9. The second-order valence-electron chi connectivity index (χ2n) is 2.60. The van der Waals surface area contributed by atoms with Crippen LogP contribution in [-0.2, 0) is 0 Å². The van der Waals surface area contributed by atoms with Crippen molar-refractivity contribution < 1.29 is 4.39 Å². The van der Waals surface area contributed by atoms with Crippen LogP contribution in [0.15, 0.2) is 23.3 Å². The van der Waals surface area contributed by atoms with Gasteiger partial charge in [0.05, 0.1) is 5.02 Å². The van der Waals surface area contributed by atoms with Crippen LogP contribution in [0.4, 0.5) is 4.39 Å². The van der Waals surface area contributed by atoms with Crippen LogP contribution < -0.4 is 0 Å². The number of halogens is 3. The molecule has 0 amide bonds. The van der Waals surface area contributed by atoms with Crippen molar-refractivity contribution in [3.05, 3.63) is 50.1 Å². The molecule has 15 heavy (non-hydrogen) atoms. The Bertz CT molecular complexity index is 439. The molecular formula is C9H6Cl2FN3. The third kappa shape index (κ3) is 3.44. The van der Waals surface area contributed by atoms with Gasteiger partial charge in [-0.3, -0.25) is 0 Å². The van der Waals surface area contributed by atoms with E-state index in [9.17, 15) is 4.39 Å². The van der Waals surface area contributed by atoms with Crippen LogP contribution in [0.3, 0.4) is 0 Å². The summed E-state index contributed by atoms with van der Waals surface area (Å²) in [7, 11) is 0. The fourth-order valence-electron chi connectivity index (χ4n) is 0.929. The van der Waals surface area contributed by atoms with Gasteiger partial charge in [-0.25, -0.2) is 4.39 Å². The van der Waals surface area contributed by atoms with Gasteiger partial charge < -0.3 is 0 Å². The normalized spacial score (nSPS) is 10.3. The summed E-state index contributed by atoms with van der Waals surface area (Å²) >= 11 is 11.3. The first-order chi connectivity index (χ1) is 7.15. The van der Waals surface area contributed by atoms with Crippen LogP contribution in [-0.4, -0.2) is 6.54 Å². The summed E-state index contributed by atoms with van der Waals surface area (Å²) in [4.78, 5) is 2.57. The van der Waals surface area contributed by atoms with E-state index >= 15 is 0 Å². The van der Waals surface area contributed by atoms with Crippen molar-refractivity contribution >= 4 is 29.3 Å². The number of hydrogen-bond acceptors (Lipinski definition) is 1. The fraction of sp³-hybridized carbons (Fsp3) is 0.111. The van der Waals surface area contributed by atoms with Crippen molar-refractivity contribution in [2.24, 2.45) is 5.11 Å². The molecule has 0 fully saturated rings. The number of nitrogens with zero attached hydrogens (tertiary/aromatic N) is 3. The molecule has 0 spiro atoms. The highest BCUT2D eigenvalue weighted by Gasteiger charge is 2.04. The molecule has 0 unspecified atom stereocenters. The Labute approximate surface area is 95.7 Å². The topological polar surface area (TPSA) is 48.8 Å². The van der Waals surface area contributed by atoms with Crippen LogP contribution in [0.5, 0.6) is 0 Å². The van der Waals surface area contributed by atoms with Gasteiger partial charge >= 0.3 is 0 Å². The Hall–Kier alpha value is -1.22. The lowest BCUT2D eigenvalue weighted by Crippen LogP contribution is -1.82. The quantitative estimate of drug-likeness (QED) is 0.327. The highest BCUT2D eigenvalue weighted by molar-refractivity contribution is 6.35. The maximum Gasteiger partial charge on any atom is 0.142 e. The highest BCUT2D eigenvalue weighted by Crippen LogP contribution is 2.25. The molecule has 0 saturated heterocycles. The first-order valence-corrected chi connectivity index (χ1v) is 4.72. The van der Waals surface area contributed by atoms with Gasteiger partial charge in [-0.05, 0) is 23.2 Å². The third-order valence-corrected chi connectivity index (χ3v) is 2.20. The molecule has 0 atom stereocenters. The van der Waals surface area contributed by atoms with Crippen molar-refractivity contribution in [3.8, 4) is 0 Å². The zero-order valence-electron chi connectivity index (χ0n) is 7.49. The predicted octanol–water partition coefficient (Wildman–Crippen LogP) is 4.46. The minimum Gasteiger partial charge on any atom is -0.205 e. The Balaban J connectivity index is 2.90. The summed E-state index contributed by atoms with van der Waals surface area (Å²) in [6.07, 6.45) is 3.14. The van der Waals surface area contributed by atoms with E-state index in [4.69, 9.17) is 28.7 Å². The van der Waals surface area contributed by atoms with Gasteiger partial charge in [-0.2, -0.15) is 0 Å². The number of hydrogen-bond donors (Lipinski definition) is 0. The van der Waals surface area contributed by atoms with Crippen molar-refractivity contribution in [1.82, 2.24) is 0 Å². The van der Waals surface area contributed by atoms with Gasteiger partial charge in [0.15, 0.2) is 0 Å². The van der Waals surface area contributed by atoms with E-state index in [2.05, 4.69) is 10.0 Å². The van der Waals surface area contributed by atoms with Crippen LogP contribution in [0.1, 0.15) is 5.56 Å². The first-order valence-electron chi connectivity index (χ1n) is 3.97. The molecule has 0 bridgehead atoms. The third-order valence-electron chi connectivity index (χ3n) is 1.59. The molecule has 0 aliphatic rings. The molecular weight excluding hydrogens is 240 g/mol. The lowest BCUT2D eigenvalue weighted by Gasteiger charge is -2.00. The van der Waals surface area contributed by atoms with Gasteiger partial charge in [0.25, 0.3) is 0 Å².